The summed E-state index contributed by atoms with van der Waals surface area (Å²) in [5.41, 5.74) is 17.2. The summed E-state index contributed by atoms with van der Waals surface area (Å²) in [5, 5.41) is 3.02. The Hall–Kier alpha value is -2.05. The number of hydrogen-bond donors (Lipinski definition) is 4. The molecular weight excluding hydrogens is 244 g/mol. The number of nitrogens with zero attached hydrogens (tertiary/aromatic N) is 2. The highest BCUT2D eigenvalue weighted by Gasteiger charge is 2.25. The monoisotopic (exact) mass is 266 g/mol. The van der Waals surface area contributed by atoms with Crippen LogP contribution in [-0.4, -0.2) is 21.8 Å². The van der Waals surface area contributed by atoms with Crippen LogP contribution in [0, 0.1) is 11.8 Å². The van der Waals surface area contributed by atoms with E-state index in [1.807, 2.05) is 27.7 Å². The third kappa shape index (κ3) is 3.46. The van der Waals surface area contributed by atoms with E-state index in [1.165, 1.54) is 0 Å². The van der Waals surface area contributed by atoms with E-state index in [2.05, 4.69) is 15.3 Å². The lowest BCUT2D eigenvalue weighted by Gasteiger charge is -2.24. The Labute approximate surface area is 113 Å². The Morgan fingerprint density at radius 2 is 1.68 bits per heavy atom. The standard InChI is InChI=1S/C12H22N6O/c1-5(2)8(9(19)6(3)4)16-11-7(13)10(14)17-12(15)18-11/h5-6,8H,13H2,1-4H3,(H5,14,15,16,17,18). The minimum Gasteiger partial charge on any atom is -0.393 e. The predicted molar refractivity (Wildman–Crippen MR) is 77.4 cm³/mol. The molecule has 0 bridgehead atoms. The van der Waals surface area contributed by atoms with Crippen LogP contribution < -0.4 is 22.5 Å². The molecule has 106 valence electrons. The number of anilines is 4. The molecule has 0 radical (unpaired) electrons. The summed E-state index contributed by atoms with van der Waals surface area (Å²) in [6, 6.07) is -0.393. The minimum atomic E-state index is -0.393. The molecule has 0 saturated carbocycles. The van der Waals surface area contributed by atoms with Gasteiger partial charge in [0.05, 0.1) is 6.04 Å². The second-order valence-electron chi connectivity index (χ2n) is 5.15. The minimum absolute atomic E-state index is 0.0219. The van der Waals surface area contributed by atoms with E-state index in [0.717, 1.165) is 0 Å². The van der Waals surface area contributed by atoms with Crippen molar-refractivity contribution in [2.75, 3.05) is 22.5 Å². The average molecular weight is 266 g/mol. The Morgan fingerprint density at radius 3 is 2.16 bits per heavy atom. The van der Waals surface area contributed by atoms with E-state index >= 15 is 0 Å². The molecule has 0 saturated heterocycles. The van der Waals surface area contributed by atoms with Gasteiger partial charge in [-0.1, -0.05) is 27.7 Å². The van der Waals surface area contributed by atoms with Crippen molar-refractivity contribution in [1.82, 2.24) is 9.97 Å². The van der Waals surface area contributed by atoms with Crippen LogP contribution >= 0.6 is 0 Å². The molecule has 7 N–H and O–H groups in total. The zero-order chi connectivity index (χ0) is 14.7. The van der Waals surface area contributed by atoms with Crippen LogP contribution in [0.25, 0.3) is 0 Å². The topological polar surface area (TPSA) is 133 Å². The van der Waals surface area contributed by atoms with Crippen LogP contribution in [0.1, 0.15) is 27.7 Å². The number of carbonyl (C=O) groups excluding carboxylic acids is 1. The molecule has 7 nitrogen and oxygen atoms in total. The van der Waals surface area contributed by atoms with E-state index in [1.54, 1.807) is 0 Å². The van der Waals surface area contributed by atoms with Crippen molar-refractivity contribution < 1.29 is 4.79 Å². The zero-order valence-electron chi connectivity index (χ0n) is 11.8. The first-order chi connectivity index (χ1) is 8.73. The fourth-order valence-electron chi connectivity index (χ4n) is 1.69. The molecule has 1 heterocycles. The number of ketones is 1. The molecule has 1 rings (SSSR count). The summed E-state index contributed by atoms with van der Waals surface area (Å²) in [5.74, 6) is 0.524. The summed E-state index contributed by atoms with van der Waals surface area (Å²) >= 11 is 0. The summed E-state index contributed by atoms with van der Waals surface area (Å²) in [6.45, 7) is 7.60. The molecule has 7 heteroatoms. The van der Waals surface area contributed by atoms with Crippen LogP contribution in [0.3, 0.4) is 0 Å². The maximum Gasteiger partial charge on any atom is 0.224 e. The SMILES string of the molecule is CC(C)C(=O)C(Nc1nc(N)nc(N)c1N)C(C)C. The molecule has 0 aromatic carbocycles. The molecular formula is C12H22N6O. The average Bonchev–Trinajstić information content (AvgIpc) is 2.30. The van der Waals surface area contributed by atoms with Gasteiger partial charge in [0, 0.05) is 5.92 Å². The predicted octanol–water partition coefficient (Wildman–Crippen LogP) is 0.885. The van der Waals surface area contributed by atoms with Gasteiger partial charge in [0.15, 0.2) is 17.4 Å². The lowest BCUT2D eigenvalue weighted by molar-refractivity contribution is -0.123. The Kier molecular flexibility index (Phi) is 4.52. The zero-order valence-corrected chi connectivity index (χ0v) is 11.8. The molecule has 0 spiro atoms. The van der Waals surface area contributed by atoms with Crippen molar-refractivity contribution >= 4 is 29.1 Å². The fraction of sp³-hybridized carbons (Fsp3) is 0.583. The molecule has 0 amide bonds. The van der Waals surface area contributed by atoms with Gasteiger partial charge in [-0.3, -0.25) is 4.79 Å². The van der Waals surface area contributed by atoms with Gasteiger partial charge >= 0.3 is 0 Å². The van der Waals surface area contributed by atoms with Gasteiger partial charge in [0.1, 0.15) is 5.69 Å². The first-order valence-electron chi connectivity index (χ1n) is 6.22. The van der Waals surface area contributed by atoms with Gasteiger partial charge < -0.3 is 22.5 Å². The highest BCUT2D eigenvalue weighted by Crippen LogP contribution is 2.24. The van der Waals surface area contributed by atoms with Crippen molar-refractivity contribution in [3.63, 3.8) is 0 Å². The molecule has 0 aliphatic heterocycles. The van der Waals surface area contributed by atoms with Gasteiger partial charge in [-0.25, -0.2) is 0 Å². The Morgan fingerprint density at radius 1 is 1.11 bits per heavy atom. The lowest BCUT2D eigenvalue weighted by atomic mass is 9.93. The summed E-state index contributed by atoms with van der Waals surface area (Å²) in [7, 11) is 0. The highest BCUT2D eigenvalue weighted by molar-refractivity contribution is 5.89. The quantitative estimate of drug-likeness (QED) is 0.621. The van der Waals surface area contributed by atoms with Crippen molar-refractivity contribution in [2.24, 2.45) is 11.8 Å². The van der Waals surface area contributed by atoms with Crippen LogP contribution in [0.5, 0.6) is 0 Å². The molecule has 1 atom stereocenters. The largest absolute Gasteiger partial charge is 0.393 e. The molecule has 1 aromatic heterocycles. The molecule has 1 aromatic rings. The van der Waals surface area contributed by atoms with Gasteiger partial charge in [-0.2, -0.15) is 9.97 Å². The van der Waals surface area contributed by atoms with Crippen LogP contribution in [0.2, 0.25) is 0 Å². The molecule has 0 aliphatic carbocycles. The summed E-state index contributed by atoms with van der Waals surface area (Å²) in [6.07, 6.45) is 0. The third-order valence-electron chi connectivity index (χ3n) is 2.83. The van der Waals surface area contributed by atoms with E-state index in [9.17, 15) is 4.79 Å². The van der Waals surface area contributed by atoms with Crippen molar-refractivity contribution in [2.45, 2.75) is 33.7 Å². The van der Waals surface area contributed by atoms with Crippen molar-refractivity contribution in [3.05, 3.63) is 0 Å². The highest BCUT2D eigenvalue weighted by atomic mass is 16.1. The number of nitrogen functional groups attached to an aromatic ring is 3. The van der Waals surface area contributed by atoms with E-state index < -0.39 is 6.04 Å². The number of Topliss-reactive ketones (excluding diaryl/α,β-unsaturated/α-hetero) is 1. The second kappa shape index (κ2) is 5.73. The van der Waals surface area contributed by atoms with Crippen molar-refractivity contribution in [3.8, 4) is 0 Å². The van der Waals surface area contributed by atoms with E-state index in [4.69, 9.17) is 17.2 Å². The van der Waals surface area contributed by atoms with Gasteiger partial charge in [0.25, 0.3) is 0 Å². The molecule has 0 fully saturated rings. The number of hydrogen-bond acceptors (Lipinski definition) is 7. The van der Waals surface area contributed by atoms with Crippen molar-refractivity contribution in [1.29, 1.82) is 0 Å². The smallest absolute Gasteiger partial charge is 0.224 e. The summed E-state index contributed by atoms with van der Waals surface area (Å²) in [4.78, 5) is 19.9. The van der Waals surface area contributed by atoms with E-state index in [0.29, 0.717) is 5.82 Å². The lowest BCUT2D eigenvalue weighted by Crippen LogP contribution is -2.38. The number of rotatable bonds is 5. The number of carbonyl (C=O) groups is 1. The first-order valence-corrected chi connectivity index (χ1v) is 6.22. The number of nitrogens with two attached hydrogens (primary N) is 3. The van der Waals surface area contributed by atoms with E-state index in [-0.39, 0.29) is 35.1 Å². The van der Waals surface area contributed by atoms with Gasteiger partial charge in [-0.15, -0.1) is 0 Å². The second-order valence-corrected chi connectivity index (χ2v) is 5.15. The molecule has 0 aliphatic rings. The maximum atomic E-state index is 12.2. The van der Waals surface area contributed by atoms with Crippen LogP contribution in [-0.2, 0) is 4.79 Å². The molecule has 1 unspecified atom stereocenters. The first kappa shape index (κ1) is 15.0. The van der Waals surface area contributed by atoms with Gasteiger partial charge in [-0.05, 0) is 5.92 Å². The number of aromatic nitrogens is 2. The summed E-state index contributed by atoms with van der Waals surface area (Å²) < 4.78 is 0. The van der Waals surface area contributed by atoms with Crippen LogP contribution in [0.15, 0.2) is 0 Å². The normalized spacial score (nSPS) is 12.7. The Bertz CT molecular complexity index is 472. The van der Waals surface area contributed by atoms with Gasteiger partial charge in [0.2, 0.25) is 5.95 Å². The van der Waals surface area contributed by atoms with Crippen LogP contribution in [0.4, 0.5) is 23.3 Å². The number of nitrogens with one attached hydrogen (secondary N) is 1. The third-order valence-corrected chi connectivity index (χ3v) is 2.83. The fourth-order valence-corrected chi connectivity index (χ4v) is 1.69. The maximum absolute atomic E-state index is 12.2. The molecule has 19 heavy (non-hydrogen) atoms. The Balaban J connectivity index is 3.07.